The maximum Gasteiger partial charge on any atom is 0.236 e. The fourth-order valence-electron chi connectivity index (χ4n) is 3.37. The molecule has 1 aliphatic heterocycles. The van der Waals surface area contributed by atoms with Crippen molar-refractivity contribution in [3.63, 3.8) is 0 Å². The van der Waals surface area contributed by atoms with Crippen molar-refractivity contribution in [2.45, 2.75) is 35.6 Å². The molecule has 27 heavy (non-hydrogen) atoms. The second kappa shape index (κ2) is 7.56. The Morgan fingerprint density at radius 1 is 0.889 bits per heavy atom. The number of nitrogens with zero attached hydrogens (tertiary/aromatic N) is 2. The van der Waals surface area contributed by atoms with Gasteiger partial charge in [0, 0.05) is 19.5 Å². The summed E-state index contributed by atoms with van der Waals surface area (Å²) >= 11 is 0. The van der Waals surface area contributed by atoms with Crippen LogP contribution in [-0.2, 0) is 16.3 Å². The molecule has 0 spiro atoms. The Morgan fingerprint density at radius 3 is 2.19 bits per heavy atom. The number of hydrogen-bond donors (Lipinski definition) is 0. The minimum absolute atomic E-state index is 0.0292. The van der Waals surface area contributed by atoms with Crippen molar-refractivity contribution in [1.29, 1.82) is 0 Å². The van der Waals surface area contributed by atoms with E-state index in [0.29, 0.717) is 18.2 Å². The van der Waals surface area contributed by atoms with E-state index < -0.39 is 9.84 Å². The minimum Gasteiger partial charge on any atom is -0.423 e. The van der Waals surface area contributed by atoms with Crippen LogP contribution in [0.25, 0.3) is 0 Å². The predicted octanol–water partition coefficient (Wildman–Crippen LogP) is 4.09. The average Bonchev–Trinajstić information content (AvgIpc) is 3.15. The molecule has 0 unspecified atom stereocenters. The second-order valence-electron chi connectivity index (χ2n) is 6.74. The Bertz CT molecular complexity index is 992. The van der Waals surface area contributed by atoms with Crippen molar-refractivity contribution in [1.82, 2.24) is 4.98 Å². The van der Waals surface area contributed by atoms with Crippen molar-refractivity contribution in [3.8, 4) is 0 Å². The molecule has 1 fully saturated rings. The van der Waals surface area contributed by atoms with Gasteiger partial charge in [-0.15, -0.1) is 0 Å². The Morgan fingerprint density at radius 2 is 1.52 bits per heavy atom. The molecule has 1 aliphatic rings. The molecule has 2 aromatic carbocycles. The number of oxazole rings is 1. The van der Waals surface area contributed by atoms with Gasteiger partial charge in [-0.25, -0.2) is 8.42 Å². The standard InChI is InChI=1S/C21H22N2O3S/c24-27(25,18-12-6-2-7-13-18)20-21(23-14-8-3-9-15-23)26-19(22-20)16-17-10-4-1-5-11-17/h1-2,4-7,10-13H,3,8-9,14-16H2. The van der Waals surface area contributed by atoms with Crippen LogP contribution in [0.5, 0.6) is 0 Å². The summed E-state index contributed by atoms with van der Waals surface area (Å²) in [6.45, 7) is 1.58. The van der Waals surface area contributed by atoms with E-state index in [9.17, 15) is 8.42 Å². The molecule has 0 N–H and O–H groups in total. The monoisotopic (exact) mass is 382 g/mol. The van der Waals surface area contributed by atoms with E-state index in [1.165, 1.54) is 0 Å². The Kier molecular flexibility index (Phi) is 4.99. The van der Waals surface area contributed by atoms with Gasteiger partial charge >= 0.3 is 0 Å². The summed E-state index contributed by atoms with van der Waals surface area (Å²) in [7, 11) is -3.74. The molecule has 0 saturated carbocycles. The molecular weight excluding hydrogens is 360 g/mol. The highest BCUT2D eigenvalue weighted by Crippen LogP contribution is 2.33. The molecule has 1 aromatic heterocycles. The van der Waals surface area contributed by atoms with E-state index in [1.807, 2.05) is 35.2 Å². The van der Waals surface area contributed by atoms with E-state index in [-0.39, 0.29) is 9.92 Å². The Balaban J connectivity index is 1.76. The molecule has 3 aromatic rings. The molecule has 140 valence electrons. The van der Waals surface area contributed by atoms with Crippen molar-refractivity contribution in [3.05, 3.63) is 72.1 Å². The molecule has 2 heterocycles. The lowest BCUT2D eigenvalue weighted by molar-refractivity contribution is 0.468. The summed E-state index contributed by atoms with van der Waals surface area (Å²) in [5, 5.41) is 0.0292. The van der Waals surface area contributed by atoms with Gasteiger partial charge in [0.05, 0.1) is 4.90 Å². The first kappa shape index (κ1) is 17.8. The van der Waals surface area contributed by atoms with E-state index >= 15 is 0 Å². The van der Waals surface area contributed by atoms with E-state index in [0.717, 1.165) is 37.9 Å². The Labute approximate surface area is 159 Å². The highest BCUT2D eigenvalue weighted by Gasteiger charge is 2.31. The zero-order chi connectivity index (χ0) is 18.7. The minimum atomic E-state index is -3.74. The molecule has 5 nitrogen and oxygen atoms in total. The van der Waals surface area contributed by atoms with Gasteiger partial charge in [-0.05, 0) is 37.0 Å². The Hall–Kier alpha value is -2.60. The first-order valence-electron chi connectivity index (χ1n) is 9.23. The van der Waals surface area contributed by atoms with Gasteiger partial charge in [0.25, 0.3) is 0 Å². The van der Waals surface area contributed by atoms with Gasteiger partial charge in [0.2, 0.25) is 26.6 Å². The van der Waals surface area contributed by atoms with Gasteiger partial charge in [-0.1, -0.05) is 48.5 Å². The summed E-state index contributed by atoms with van der Waals surface area (Å²) in [4.78, 5) is 6.69. The van der Waals surface area contributed by atoms with Crippen molar-refractivity contribution in [2.75, 3.05) is 18.0 Å². The molecule has 0 bridgehead atoms. The van der Waals surface area contributed by atoms with E-state index in [4.69, 9.17) is 4.42 Å². The summed E-state index contributed by atoms with van der Waals surface area (Å²) < 4.78 is 32.4. The third-order valence-corrected chi connectivity index (χ3v) is 6.44. The molecule has 1 saturated heterocycles. The van der Waals surface area contributed by atoms with Crippen molar-refractivity contribution in [2.24, 2.45) is 0 Å². The van der Waals surface area contributed by atoms with Gasteiger partial charge in [-0.3, -0.25) is 0 Å². The third kappa shape index (κ3) is 3.76. The summed E-state index contributed by atoms with van der Waals surface area (Å²) in [6, 6.07) is 18.2. The van der Waals surface area contributed by atoms with Gasteiger partial charge < -0.3 is 9.32 Å². The lowest BCUT2D eigenvalue weighted by atomic mass is 10.1. The zero-order valence-electron chi connectivity index (χ0n) is 15.0. The predicted molar refractivity (Wildman–Crippen MR) is 104 cm³/mol. The van der Waals surface area contributed by atoms with Crippen LogP contribution in [0.1, 0.15) is 30.7 Å². The molecule has 6 heteroatoms. The highest BCUT2D eigenvalue weighted by molar-refractivity contribution is 7.91. The lowest BCUT2D eigenvalue weighted by Gasteiger charge is -2.26. The van der Waals surface area contributed by atoms with Gasteiger partial charge in [0.15, 0.2) is 0 Å². The van der Waals surface area contributed by atoms with Crippen LogP contribution in [0, 0.1) is 0 Å². The number of rotatable bonds is 5. The molecule has 0 atom stereocenters. The number of piperidine rings is 1. The molecule has 4 rings (SSSR count). The van der Waals surface area contributed by atoms with Crippen molar-refractivity contribution >= 4 is 15.7 Å². The third-order valence-electron chi connectivity index (χ3n) is 4.77. The zero-order valence-corrected chi connectivity index (χ0v) is 15.9. The average molecular weight is 382 g/mol. The fourth-order valence-corrected chi connectivity index (χ4v) is 4.73. The fraction of sp³-hybridized carbons (Fsp3) is 0.286. The topological polar surface area (TPSA) is 63.4 Å². The number of anilines is 1. The summed E-state index contributed by atoms with van der Waals surface area (Å²) in [5.41, 5.74) is 1.03. The van der Waals surface area contributed by atoms with Crippen LogP contribution in [0.2, 0.25) is 0 Å². The number of benzene rings is 2. The van der Waals surface area contributed by atoms with Gasteiger partial charge in [-0.2, -0.15) is 4.98 Å². The molecular formula is C21H22N2O3S. The first-order valence-corrected chi connectivity index (χ1v) is 10.7. The normalized spacial score (nSPS) is 15.0. The second-order valence-corrected chi connectivity index (χ2v) is 8.61. The van der Waals surface area contributed by atoms with Gasteiger partial charge in [0.1, 0.15) is 0 Å². The first-order chi connectivity index (χ1) is 13.1. The maximum atomic E-state index is 13.2. The van der Waals surface area contributed by atoms with E-state index in [2.05, 4.69) is 4.98 Å². The van der Waals surface area contributed by atoms with Crippen LogP contribution in [0.4, 0.5) is 5.88 Å². The lowest BCUT2D eigenvalue weighted by Crippen LogP contribution is -2.30. The van der Waals surface area contributed by atoms with Crippen LogP contribution in [0.3, 0.4) is 0 Å². The summed E-state index contributed by atoms with van der Waals surface area (Å²) in [6.07, 6.45) is 3.67. The number of aromatic nitrogens is 1. The van der Waals surface area contributed by atoms with Crippen LogP contribution in [0.15, 0.2) is 75.0 Å². The quantitative estimate of drug-likeness (QED) is 0.665. The molecule has 0 radical (unpaired) electrons. The largest absolute Gasteiger partial charge is 0.423 e. The van der Waals surface area contributed by atoms with E-state index in [1.54, 1.807) is 30.3 Å². The molecule has 0 amide bonds. The SMILES string of the molecule is O=S(=O)(c1ccccc1)c1nc(Cc2ccccc2)oc1N1CCCCC1. The van der Waals surface area contributed by atoms with Crippen molar-refractivity contribution < 1.29 is 12.8 Å². The highest BCUT2D eigenvalue weighted by atomic mass is 32.2. The number of sulfone groups is 1. The van der Waals surface area contributed by atoms with Crippen LogP contribution in [-0.4, -0.2) is 26.5 Å². The number of hydrogen-bond acceptors (Lipinski definition) is 5. The smallest absolute Gasteiger partial charge is 0.236 e. The molecule has 0 aliphatic carbocycles. The summed E-state index contributed by atoms with van der Waals surface area (Å²) in [5.74, 6) is 0.806. The van der Waals surface area contributed by atoms with Crippen LogP contribution < -0.4 is 4.90 Å². The maximum absolute atomic E-state index is 13.2. The van der Waals surface area contributed by atoms with Crippen LogP contribution >= 0.6 is 0 Å².